The van der Waals surface area contributed by atoms with E-state index < -0.39 is 5.92 Å². The Morgan fingerprint density at radius 3 is 2.59 bits per heavy atom. The van der Waals surface area contributed by atoms with Crippen molar-refractivity contribution < 1.29 is 9.21 Å². The summed E-state index contributed by atoms with van der Waals surface area (Å²) in [5.41, 5.74) is 0.971. The fourth-order valence-corrected chi connectivity index (χ4v) is 1.64. The normalized spacial score (nSPS) is 11.7. The second-order valence-corrected chi connectivity index (χ2v) is 3.71. The van der Waals surface area contributed by atoms with E-state index in [0.29, 0.717) is 6.42 Å². The highest BCUT2D eigenvalue weighted by molar-refractivity contribution is 5.97. The average Bonchev–Trinajstić information content (AvgIpc) is 2.90. The van der Waals surface area contributed by atoms with Crippen LogP contribution in [0.15, 0.2) is 53.1 Å². The Labute approximate surface area is 99.3 Å². The molecule has 0 saturated carbocycles. The first-order chi connectivity index (χ1) is 8.31. The summed E-state index contributed by atoms with van der Waals surface area (Å²) in [5, 5.41) is 9.04. The monoisotopic (exact) mass is 225 g/mol. The number of nitriles is 1. The number of carbonyl (C=O) groups is 1. The minimum atomic E-state index is -0.691. The molecule has 0 aliphatic rings. The molecule has 84 valence electrons. The van der Waals surface area contributed by atoms with Crippen molar-refractivity contribution in [3.63, 3.8) is 0 Å². The molecular formula is C14H11NO2. The van der Waals surface area contributed by atoms with E-state index >= 15 is 0 Å². The molecule has 0 fully saturated rings. The van der Waals surface area contributed by atoms with E-state index in [9.17, 15) is 4.79 Å². The molecule has 0 aliphatic heterocycles. The Balaban J connectivity index is 2.13. The van der Waals surface area contributed by atoms with Crippen LogP contribution in [0, 0.1) is 17.2 Å². The summed E-state index contributed by atoms with van der Waals surface area (Å²) in [6, 6.07) is 14.7. The number of benzene rings is 1. The average molecular weight is 225 g/mol. The Morgan fingerprint density at radius 2 is 2.00 bits per heavy atom. The van der Waals surface area contributed by atoms with Crippen LogP contribution < -0.4 is 0 Å². The lowest BCUT2D eigenvalue weighted by molar-refractivity contribution is 0.0920. The SMILES string of the molecule is N#CC(Cc1ccccc1)C(=O)c1ccco1. The number of hydrogen-bond donors (Lipinski definition) is 0. The van der Waals surface area contributed by atoms with Crippen molar-refractivity contribution in [2.24, 2.45) is 5.92 Å². The van der Waals surface area contributed by atoms with Crippen LogP contribution in [0.3, 0.4) is 0 Å². The van der Waals surface area contributed by atoms with E-state index in [4.69, 9.17) is 9.68 Å². The van der Waals surface area contributed by atoms with E-state index in [2.05, 4.69) is 0 Å². The summed E-state index contributed by atoms with van der Waals surface area (Å²) in [6.45, 7) is 0. The van der Waals surface area contributed by atoms with Gasteiger partial charge in [0.2, 0.25) is 5.78 Å². The zero-order chi connectivity index (χ0) is 12.1. The molecule has 2 aromatic rings. The lowest BCUT2D eigenvalue weighted by Gasteiger charge is -2.05. The van der Waals surface area contributed by atoms with E-state index in [1.165, 1.54) is 6.26 Å². The van der Waals surface area contributed by atoms with E-state index in [-0.39, 0.29) is 11.5 Å². The molecule has 1 atom stereocenters. The van der Waals surface area contributed by atoms with Crippen LogP contribution in [0.4, 0.5) is 0 Å². The van der Waals surface area contributed by atoms with Gasteiger partial charge in [-0.3, -0.25) is 4.79 Å². The Kier molecular flexibility index (Phi) is 3.37. The van der Waals surface area contributed by atoms with E-state index in [0.717, 1.165) is 5.56 Å². The highest BCUT2D eigenvalue weighted by Gasteiger charge is 2.22. The molecule has 0 bridgehead atoms. The van der Waals surface area contributed by atoms with Crippen LogP contribution in [0.2, 0.25) is 0 Å². The first-order valence-electron chi connectivity index (χ1n) is 5.32. The van der Waals surface area contributed by atoms with Crippen LogP contribution >= 0.6 is 0 Å². The fourth-order valence-electron chi connectivity index (χ4n) is 1.64. The maximum Gasteiger partial charge on any atom is 0.215 e. The third-order valence-electron chi connectivity index (χ3n) is 2.52. The number of furan rings is 1. The first kappa shape index (κ1) is 11.2. The molecule has 1 aromatic carbocycles. The Hall–Kier alpha value is -2.34. The summed E-state index contributed by atoms with van der Waals surface area (Å²) in [7, 11) is 0. The van der Waals surface area contributed by atoms with Gasteiger partial charge in [-0.25, -0.2) is 0 Å². The molecule has 1 aromatic heterocycles. The highest BCUT2D eigenvalue weighted by Crippen LogP contribution is 2.14. The minimum Gasteiger partial charge on any atom is -0.461 e. The smallest absolute Gasteiger partial charge is 0.215 e. The molecule has 2 rings (SSSR count). The maximum absolute atomic E-state index is 11.9. The number of Topliss-reactive ketones (excluding diaryl/α,β-unsaturated/α-hetero) is 1. The Bertz CT molecular complexity index is 523. The van der Waals surface area contributed by atoms with Crippen LogP contribution in [0.1, 0.15) is 16.1 Å². The highest BCUT2D eigenvalue weighted by atomic mass is 16.3. The number of nitrogens with zero attached hydrogens (tertiary/aromatic N) is 1. The van der Waals surface area contributed by atoms with Crippen molar-refractivity contribution in [1.29, 1.82) is 5.26 Å². The first-order valence-corrected chi connectivity index (χ1v) is 5.32. The largest absolute Gasteiger partial charge is 0.461 e. The van der Waals surface area contributed by atoms with Gasteiger partial charge in [0.1, 0.15) is 5.92 Å². The molecule has 0 N–H and O–H groups in total. The molecule has 1 unspecified atom stereocenters. The van der Waals surface area contributed by atoms with Gasteiger partial charge < -0.3 is 4.42 Å². The lowest BCUT2D eigenvalue weighted by atomic mass is 9.95. The summed E-state index contributed by atoms with van der Waals surface area (Å²) < 4.78 is 5.02. The fraction of sp³-hybridized carbons (Fsp3) is 0.143. The van der Waals surface area contributed by atoms with E-state index in [1.54, 1.807) is 12.1 Å². The van der Waals surface area contributed by atoms with Crippen molar-refractivity contribution in [3.8, 4) is 6.07 Å². The molecule has 0 amide bonds. The third-order valence-corrected chi connectivity index (χ3v) is 2.52. The van der Waals surface area contributed by atoms with Crippen LogP contribution in [0.25, 0.3) is 0 Å². The van der Waals surface area contributed by atoms with Gasteiger partial charge in [-0.1, -0.05) is 30.3 Å². The number of ketones is 1. The van der Waals surface area contributed by atoms with Gasteiger partial charge in [-0.05, 0) is 24.1 Å². The summed E-state index contributed by atoms with van der Waals surface area (Å²) in [4.78, 5) is 11.9. The summed E-state index contributed by atoms with van der Waals surface area (Å²) >= 11 is 0. The zero-order valence-corrected chi connectivity index (χ0v) is 9.17. The second kappa shape index (κ2) is 5.13. The van der Waals surface area contributed by atoms with Crippen molar-refractivity contribution in [1.82, 2.24) is 0 Å². The van der Waals surface area contributed by atoms with Gasteiger partial charge in [0.25, 0.3) is 0 Å². The number of carbonyl (C=O) groups excluding carboxylic acids is 1. The number of rotatable bonds is 4. The van der Waals surface area contributed by atoms with Crippen molar-refractivity contribution in [3.05, 3.63) is 60.1 Å². The van der Waals surface area contributed by atoms with Gasteiger partial charge in [0.05, 0.1) is 12.3 Å². The van der Waals surface area contributed by atoms with Gasteiger partial charge in [-0.15, -0.1) is 0 Å². The van der Waals surface area contributed by atoms with Crippen LogP contribution in [0.5, 0.6) is 0 Å². The molecule has 0 aliphatic carbocycles. The van der Waals surface area contributed by atoms with Crippen LogP contribution in [-0.2, 0) is 6.42 Å². The summed E-state index contributed by atoms with van der Waals surface area (Å²) in [6.07, 6.45) is 1.85. The van der Waals surface area contributed by atoms with Gasteiger partial charge in [0.15, 0.2) is 5.76 Å². The topological polar surface area (TPSA) is 54.0 Å². The molecule has 3 heteroatoms. The molecule has 17 heavy (non-hydrogen) atoms. The summed E-state index contributed by atoms with van der Waals surface area (Å²) in [5.74, 6) is -0.711. The minimum absolute atomic E-state index is 0.243. The molecule has 3 nitrogen and oxygen atoms in total. The zero-order valence-electron chi connectivity index (χ0n) is 9.17. The lowest BCUT2D eigenvalue weighted by Crippen LogP contribution is -2.15. The predicted molar refractivity (Wildman–Crippen MR) is 62.3 cm³/mol. The van der Waals surface area contributed by atoms with Crippen LogP contribution in [-0.4, -0.2) is 5.78 Å². The standard InChI is InChI=1S/C14H11NO2/c15-10-12(9-11-5-2-1-3-6-11)14(16)13-7-4-8-17-13/h1-8,12H,9H2. The molecule has 0 spiro atoms. The van der Waals surface area contributed by atoms with Crippen molar-refractivity contribution in [2.45, 2.75) is 6.42 Å². The molecule has 1 heterocycles. The van der Waals surface area contributed by atoms with Gasteiger partial charge in [0, 0.05) is 0 Å². The predicted octanol–water partition coefficient (Wildman–Crippen LogP) is 2.84. The van der Waals surface area contributed by atoms with Gasteiger partial charge >= 0.3 is 0 Å². The molecular weight excluding hydrogens is 214 g/mol. The van der Waals surface area contributed by atoms with E-state index in [1.807, 2.05) is 36.4 Å². The maximum atomic E-state index is 11.9. The Morgan fingerprint density at radius 1 is 1.24 bits per heavy atom. The van der Waals surface area contributed by atoms with Crippen molar-refractivity contribution >= 4 is 5.78 Å². The molecule has 0 radical (unpaired) electrons. The molecule has 0 saturated heterocycles. The quantitative estimate of drug-likeness (QED) is 0.752. The third kappa shape index (κ3) is 2.61. The van der Waals surface area contributed by atoms with Crippen molar-refractivity contribution in [2.75, 3.05) is 0 Å². The second-order valence-electron chi connectivity index (χ2n) is 3.71. The van der Waals surface area contributed by atoms with Gasteiger partial charge in [-0.2, -0.15) is 5.26 Å². The number of hydrogen-bond acceptors (Lipinski definition) is 3.